The molecule has 0 amide bonds. The van der Waals surface area contributed by atoms with Crippen molar-refractivity contribution in [3.8, 4) is 0 Å². The van der Waals surface area contributed by atoms with E-state index < -0.39 is 14.2 Å². The highest BCUT2D eigenvalue weighted by atomic mass is 32.2. The number of aliphatic imine (C=N–C) groups is 1. The zero-order chi connectivity index (χ0) is 8.54. The van der Waals surface area contributed by atoms with Crippen molar-refractivity contribution in [3.63, 3.8) is 0 Å². The maximum atomic E-state index is 10.8. The Bertz CT molecular complexity index is 292. The summed E-state index contributed by atoms with van der Waals surface area (Å²) >= 11 is 0. The van der Waals surface area contributed by atoms with Crippen molar-refractivity contribution < 1.29 is 16.9 Å². The molecule has 0 spiro atoms. The largest absolute Gasteiger partial charge is 0.443 e. The van der Waals surface area contributed by atoms with Crippen LogP contribution in [0, 0.1) is 0 Å². The summed E-state index contributed by atoms with van der Waals surface area (Å²) in [5.41, 5.74) is 0. The van der Waals surface area contributed by atoms with E-state index >= 15 is 0 Å². The summed E-state index contributed by atoms with van der Waals surface area (Å²) in [5.74, 6) is 0. The van der Waals surface area contributed by atoms with Gasteiger partial charge in [-0.3, -0.25) is 0 Å². The van der Waals surface area contributed by atoms with Crippen LogP contribution in [0.5, 0.6) is 0 Å². The third kappa shape index (κ3) is 1.20. The molecule has 1 aliphatic rings. The molecule has 6 heteroatoms. The lowest BCUT2D eigenvalue weighted by Gasteiger charge is -2.19. The minimum Gasteiger partial charge on any atom is -0.241 e. The second-order valence-electron chi connectivity index (χ2n) is 2.18. The first-order chi connectivity index (χ1) is 5.02. The van der Waals surface area contributed by atoms with E-state index in [0.29, 0.717) is 0 Å². The lowest BCUT2D eigenvalue weighted by molar-refractivity contribution is -0.642. The third-order valence-electron chi connectivity index (χ3n) is 1.59. The van der Waals surface area contributed by atoms with Gasteiger partial charge >= 0.3 is 10.3 Å². The summed E-state index contributed by atoms with van der Waals surface area (Å²) < 4.78 is 29.7. The molecule has 1 unspecified atom stereocenters. The Morgan fingerprint density at radius 1 is 1.64 bits per heavy atom. The highest BCUT2D eigenvalue weighted by Crippen LogP contribution is 2.15. The van der Waals surface area contributed by atoms with Crippen LogP contribution in [0.1, 0.15) is 6.92 Å². The Labute approximate surface area is 65.1 Å². The highest BCUT2D eigenvalue weighted by molar-refractivity contribution is 7.80. The Hall–Kier alpha value is -0.720. The summed E-state index contributed by atoms with van der Waals surface area (Å²) in [4.78, 5) is 3.60. The number of nitrogens with zero attached hydrogens (tertiary/aromatic N) is 2. The van der Waals surface area contributed by atoms with Crippen molar-refractivity contribution in [2.45, 2.75) is 6.92 Å². The van der Waals surface area contributed by atoms with E-state index in [1.54, 1.807) is 6.92 Å². The monoisotopic (exact) mass is 177 g/mol. The second-order valence-corrected chi connectivity index (χ2v) is 3.76. The van der Waals surface area contributed by atoms with Gasteiger partial charge in [-0.2, -0.15) is 0 Å². The molecule has 0 radical (unpaired) electrons. The van der Waals surface area contributed by atoms with Gasteiger partial charge in [0, 0.05) is 0 Å². The number of hydrogen-bond acceptors (Lipinski definition) is 3. The molecule has 0 aromatic rings. The zero-order valence-corrected chi connectivity index (χ0v) is 6.82. The van der Waals surface area contributed by atoms with Crippen LogP contribution < -0.4 is 0 Å². The summed E-state index contributed by atoms with van der Waals surface area (Å²) in [6.07, 6.45) is 3.84. The first kappa shape index (κ1) is 8.38. The summed E-state index contributed by atoms with van der Waals surface area (Å²) in [7, 11) is -4.11. The maximum Gasteiger partial charge on any atom is 0.443 e. The standard InChI is InChI=1S/C5H8N2O3S/c1-2-7(11(8,9)10)4-3-6-5-7/h3-5H,2H2,1H3/p+1. The summed E-state index contributed by atoms with van der Waals surface area (Å²) in [5, 5.41) is 0. The van der Waals surface area contributed by atoms with Crippen LogP contribution in [0.15, 0.2) is 17.4 Å². The fourth-order valence-electron chi connectivity index (χ4n) is 0.828. The molecular formula is C5H9N2O3S+. The van der Waals surface area contributed by atoms with Crippen LogP contribution in [0.2, 0.25) is 0 Å². The normalized spacial score (nSPS) is 29.6. The first-order valence-electron chi connectivity index (χ1n) is 3.09. The lowest BCUT2D eigenvalue weighted by Crippen LogP contribution is -2.44. The summed E-state index contributed by atoms with van der Waals surface area (Å²) in [6, 6.07) is 0. The molecule has 0 fully saturated rings. The van der Waals surface area contributed by atoms with Crippen molar-refractivity contribution in [2.24, 2.45) is 4.99 Å². The molecule has 5 nitrogen and oxygen atoms in total. The van der Waals surface area contributed by atoms with Gasteiger partial charge in [-0.05, 0) is 6.92 Å². The van der Waals surface area contributed by atoms with E-state index in [2.05, 4.69) is 4.99 Å². The zero-order valence-electron chi connectivity index (χ0n) is 6.01. The van der Waals surface area contributed by atoms with Crippen molar-refractivity contribution >= 4 is 16.6 Å². The smallest absolute Gasteiger partial charge is 0.241 e. The predicted molar refractivity (Wildman–Crippen MR) is 40.0 cm³/mol. The number of rotatable bonds is 2. The van der Waals surface area contributed by atoms with Crippen LogP contribution in [-0.4, -0.2) is 29.7 Å². The topological polar surface area (TPSA) is 66.7 Å². The fourth-order valence-corrected chi connectivity index (χ4v) is 1.54. The Kier molecular flexibility index (Phi) is 1.83. The lowest BCUT2D eigenvalue weighted by atomic mass is 10.6. The van der Waals surface area contributed by atoms with Crippen molar-refractivity contribution in [2.75, 3.05) is 6.54 Å². The van der Waals surface area contributed by atoms with E-state index in [4.69, 9.17) is 4.55 Å². The molecule has 1 aliphatic heterocycles. The minimum absolute atomic E-state index is 0.235. The van der Waals surface area contributed by atoms with Gasteiger partial charge in [0.25, 0.3) is 0 Å². The third-order valence-corrected chi connectivity index (χ3v) is 2.92. The molecule has 1 rings (SSSR count). The number of quaternary nitrogens is 1. The Balaban J connectivity index is 3.15. The maximum absolute atomic E-state index is 10.8. The van der Waals surface area contributed by atoms with Crippen LogP contribution in [0.25, 0.3) is 0 Å². The van der Waals surface area contributed by atoms with Crippen LogP contribution in [-0.2, 0) is 10.3 Å². The van der Waals surface area contributed by atoms with Gasteiger partial charge in [0.2, 0.25) is 6.34 Å². The Morgan fingerprint density at radius 3 is 2.45 bits per heavy atom. The van der Waals surface area contributed by atoms with Gasteiger partial charge in [0.1, 0.15) is 12.7 Å². The van der Waals surface area contributed by atoms with Crippen molar-refractivity contribution in [1.29, 1.82) is 0 Å². The van der Waals surface area contributed by atoms with E-state index in [1.165, 1.54) is 18.7 Å². The van der Waals surface area contributed by atoms with Crippen LogP contribution >= 0.6 is 0 Å². The van der Waals surface area contributed by atoms with Gasteiger partial charge in [0.15, 0.2) is 0 Å². The number of hydrogen-bond donors (Lipinski definition) is 1. The predicted octanol–water partition coefficient (Wildman–Crippen LogP) is 0.139. The van der Waals surface area contributed by atoms with Gasteiger partial charge in [0.05, 0.1) is 6.20 Å². The van der Waals surface area contributed by atoms with Gasteiger partial charge in [-0.15, -0.1) is 12.3 Å². The van der Waals surface area contributed by atoms with E-state index in [-0.39, 0.29) is 6.54 Å². The fraction of sp³-hybridized carbons (Fsp3) is 0.400. The van der Waals surface area contributed by atoms with Gasteiger partial charge in [-0.25, -0.2) is 9.55 Å². The highest BCUT2D eigenvalue weighted by Gasteiger charge is 2.38. The average Bonchev–Trinajstić information content (AvgIpc) is 2.33. The second kappa shape index (κ2) is 2.40. The molecule has 0 bridgehead atoms. The van der Waals surface area contributed by atoms with E-state index in [9.17, 15) is 8.42 Å². The quantitative estimate of drug-likeness (QED) is 0.482. The van der Waals surface area contributed by atoms with Gasteiger partial charge in [-0.1, -0.05) is 0 Å². The van der Waals surface area contributed by atoms with Crippen molar-refractivity contribution in [3.05, 3.63) is 12.4 Å². The first-order valence-corrected chi connectivity index (χ1v) is 4.48. The van der Waals surface area contributed by atoms with Crippen LogP contribution in [0.4, 0.5) is 0 Å². The molecular weight excluding hydrogens is 168 g/mol. The molecule has 0 aromatic carbocycles. The Morgan fingerprint density at radius 2 is 2.27 bits per heavy atom. The molecule has 1 atom stereocenters. The van der Waals surface area contributed by atoms with E-state index in [1.807, 2.05) is 0 Å². The molecule has 11 heavy (non-hydrogen) atoms. The molecule has 0 saturated carbocycles. The molecule has 62 valence electrons. The molecule has 1 heterocycles. The molecule has 0 saturated heterocycles. The molecule has 0 aromatic heterocycles. The van der Waals surface area contributed by atoms with Crippen LogP contribution in [0.3, 0.4) is 0 Å². The SMILES string of the molecule is CC[N+]1(S(=O)(=O)O)C=CN=C1. The molecule has 1 N–H and O–H groups in total. The average molecular weight is 177 g/mol. The summed E-state index contributed by atoms with van der Waals surface area (Å²) in [6.45, 7) is 1.88. The molecule has 0 aliphatic carbocycles. The van der Waals surface area contributed by atoms with Gasteiger partial charge < -0.3 is 0 Å². The van der Waals surface area contributed by atoms with Crippen molar-refractivity contribution in [1.82, 2.24) is 0 Å². The minimum atomic E-state index is -4.11. The van der Waals surface area contributed by atoms with E-state index in [0.717, 1.165) is 0 Å².